The van der Waals surface area contributed by atoms with Crippen molar-refractivity contribution >= 4 is 11.7 Å². The minimum Gasteiger partial charge on any atom is -0.349 e. The van der Waals surface area contributed by atoms with E-state index in [0.29, 0.717) is 29.4 Å². The average molecular weight is 485 g/mol. The number of hydrogen-bond donors (Lipinski definition) is 1. The van der Waals surface area contributed by atoms with Crippen molar-refractivity contribution in [1.29, 1.82) is 0 Å². The van der Waals surface area contributed by atoms with Gasteiger partial charge >= 0.3 is 6.18 Å². The van der Waals surface area contributed by atoms with Crippen molar-refractivity contribution < 1.29 is 22.8 Å². The summed E-state index contributed by atoms with van der Waals surface area (Å²) in [6.45, 7) is 1.75. The lowest BCUT2D eigenvalue weighted by Gasteiger charge is -2.36. The van der Waals surface area contributed by atoms with Gasteiger partial charge in [-0.05, 0) is 60.6 Å². The molecule has 1 unspecified atom stereocenters. The molecule has 3 atom stereocenters. The molecule has 1 aliphatic heterocycles. The Balaban J connectivity index is 1.03. The predicted molar refractivity (Wildman–Crippen MR) is 127 cm³/mol. The van der Waals surface area contributed by atoms with E-state index in [1.54, 1.807) is 0 Å². The first-order valence-electron chi connectivity index (χ1n) is 12.5. The van der Waals surface area contributed by atoms with Crippen LogP contribution in [0.1, 0.15) is 48.3 Å². The van der Waals surface area contributed by atoms with Crippen molar-refractivity contribution in [1.82, 2.24) is 10.2 Å². The molecule has 3 aliphatic rings. The van der Waals surface area contributed by atoms with Crippen molar-refractivity contribution in [2.45, 2.75) is 50.2 Å². The highest BCUT2D eigenvalue weighted by Gasteiger charge is 2.60. The lowest BCUT2D eigenvalue weighted by Crippen LogP contribution is -2.40. The quantitative estimate of drug-likeness (QED) is 0.612. The Morgan fingerprint density at radius 1 is 0.914 bits per heavy atom. The van der Waals surface area contributed by atoms with Crippen molar-refractivity contribution in [3.05, 3.63) is 71.3 Å². The van der Waals surface area contributed by atoms with Crippen LogP contribution in [0, 0.1) is 17.8 Å². The zero-order valence-electron chi connectivity index (χ0n) is 19.6. The van der Waals surface area contributed by atoms with Crippen molar-refractivity contribution in [2.24, 2.45) is 17.8 Å². The predicted octanol–water partition coefficient (Wildman–Crippen LogP) is 4.84. The van der Waals surface area contributed by atoms with E-state index in [0.717, 1.165) is 25.2 Å². The van der Waals surface area contributed by atoms with Gasteiger partial charge in [0.2, 0.25) is 5.91 Å². The lowest BCUT2D eigenvalue weighted by molar-refractivity contribution is -0.137. The van der Waals surface area contributed by atoms with E-state index in [2.05, 4.69) is 40.5 Å². The van der Waals surface area contributed by atoms with Gasteiger partial charge in [-0.2, -0.15) is 13.2 Å². The summed E-state index contributed by atoms with van der Waals surface area (Å²) in [4.78, 5) is 27.4. The first kappa shape index (κ1) is 24.0. The highest BCUT2D eigenvalue weighted by atomic mass is 19.4. The third kappa shape index (κ3) is 5.45. The molecule has 5 rings (SSSR count). The van der Waals surface area contributed by atoms with Crippen LogP contribution in [0.2, 0.25) is 0 Å². The molecule has 3 fully saturated rings. The number of amides is 1. The normalized spacial score (nSPS) is 28.4. The van der Waals surface area contributed by atoms with Gasteiger partial charge in [-0.15, -0.1) is 0 Å². The Labute approximate surface area is 203 Å². The molecule has 7 heteroatoms. The maximum atomic E-state index is 12.9. The second-order valence-electron chi connectivity index (χ2n) is 10.4. The molecule has 0 bridgehead atoms. The Hall–Kier alpha value is -2.67. The molecule has 186 valence electrons. The standard InChI is InChI=1S/C28H31F3N2O2/c29-28(30,31)21-8-4-5-18(13-21)14-23(34)15-32-27(35)26-24-16-33(17-25(24)26)22-11-9-20(10-12-22)19-6-2-1-3-7-19/h1-8,13,20,22,24-26H,9-12,14-17H2,(H,32,35)/t20?,22?,24-,25+,26?. The number of alkyl halides is 3. The van der Waals surface area contributed by atoms with E-state index in [1.807, 2.05) is 0 Å². The van der Waals surface area contributed by atoms with Crippen LogP contribution in [0.4, 0.5) is 13.2 Å². The highest BCUT2D eigenvalue weighted by Crippen LogP contribution is 2.53. The maximum absolute atomic E-state index is 12.9. The highest BCUT2D eigenvalue weighted by molar-refractivity contribution is 5.89. The molecule has 1 amide bonds. The zero-order chi connectivity index (χ0) is 24.6. The Bertz CT molecular complexity index is 1050. The van der Waals surface area contributed by atoms with Crippen LogP contribution in [0.15, 0.2) is 54.6 Å². The molecule has 1 saturated heterocycles. The summed E-state index contributed by atoms with van der Waals surface area (Å²) in [5.74, 6) is 0.954. The van der Waals surface area contributed by atoms with Crippen molar-refractivity contribution in [2.75, 3.05) is 19.6 Å². The van der Waals surface area contributed by atoms with Gasteiger partial charge in [0, 0.05) is 31.5 Å². The summed E-state index contributed by atoms with van der Waals surface area (Å²) in [6, 6.07) is 16.1. The number of Topliss-reactive ketones (excluding diaryl/α,β-unsaturated/α-hetero) is 1. The fourth-order valence-corrected chi connectivity index (χ4v) is 6.20. The number of likely N-dealkylation sites (tertiary alicyclic amines) is 1. The van der Waals surface area contributed by atoms with Crippen LogP contribution in [-0.2, 0) is 22.2 Å². The van der Waals surface area contributed by atoms with Gasteiger partial charge in [0.25, 0.3) is 0 Å². The molecule has 4 nitrogen and oxygen atoms in total. The van der Waals surface area contributed by atoms with Gasteiger partial charge in [-0.1, -0.05) is 48.5 Å². The molecule has 0 aromatic heterocycles. The van der Waals surface area contributed by atoms with Crippen LogP contribution in [0.25, 0.3) is 0 Å². The third-order valence-corrected chi connectivity index (χ3v) is 8.12. The first-order valence-corrected chi connectivity index (χ1v) is 12.5. The SMILES string of the molecule is O=C(CNC(=O)C1[C@H]2CN(C3CCC(c4ccccc4)CC3)C[C@@H]12)Cc1cccc(C(F)(F)F)c1. The number of halogens is 3. The minimum atomic E-state index is -4.44. The molecule has 35 heavy (non-hydrogen) atoms. The van der Waals surface area contributed by atoms with Crippen molar-refractivity contribution in [3.63, 3.8) is 0 Å². The number of hydrogen-bond acceptors (Lipinski definition) is 3. The molecule has 0 radical (unpaired) electrons. The van der Waals surface area contributed by atoms with Crippen LogP contribution in [-0.4, -0.2) is 42.3 Å². The number of fused-ring (bicyclic) bond motifs is 1. The summed E-state index contributed by atoms with van der Waals surface area (Å²) < 4.78 is 38.6. The summed E-state index contributed by atoms with van der Waals surface area (Å²) in [5.41, 5.74) is 0.977. The first-order chi connectivity index (χ1) is 16.8. The summed E-state index contributed by atoms with van der Waals surface area (Å²) in [6.07, 6.45) is 0.240. The molecular weight excluding hydrogens is 453 g/mol. The smallest absolute Gasteiger partial charge is 0.349 e. The van der Waals surface area contributed by atoms with E-state index < -0.39 is 11.7 Å². The molecule has 0 spiro atoms. The Kier molecular flexibility index (Phi) is 6.71. The lowest BCUT2D eigenvalue weighted by atomic mass is 9.81. The number of rotatable bonds is 7. The zero-order valence-corrected chi connectivity index (χ0v) is 19.6. The minimum absolute atomic E-state index is 0.0340. The number of benzene rings is 2. The second-order valence-corrected chi connectivity index (χ2v) is 10.4. The largest absolute Gasteiger partial charge is 0.416 e. The van der Waals surface area contributed by atoms with Gasteiger partial charge in [0.05, 0.1) is 12.1 Å². The van der Waals surface area contributed by atoms with E-state index >= 15 is 0 Å². The van der Waals surface area contributed by atoms with Gasteiger partial charge in [0.15, 0.2) is 5.78 Å². The van der Waals surface area contributed by atoms with Crippen LogP contribution < -0.4 is 5.32 Å². The second kappa shape index (κ2) is 9.76. The Morgan fingerprint density at radius 3 is 2.26 bits per heavy atom. The summed E-state index contributed by atoms with van der Waals surface area (Å²) >= 11 is 0. The van der Waals surface area contributed by atoms with E-state index in [9.17, 15) is 22.8 Å². The third-order valence-electron chi connectivity index (χ3n) is 8.12. The number of nitrogens with one attached hydrogen (secondary N) is 1. The van der Waals surface area contributed by atoms with Crippen LogP contribution in [0.5, 0.6) is 0 Å². The number of carbonyl (C=O) groups is 2. The molecule has 2 saturated carbocycles. The summed E-state index contributed by atoms with van der Waals surface area (Å²) in [7, 11) is 0. The number of nitrogens with zero attached hydrogens (tertiary/aromatic N) is 1. The van der Waals surface area contributed by atoms with Gasteiger partial charge < -0.3 is 5.32 Å². The molecule has 1 N–H and O–H groups in total. The Morgan fingerprint density at radius 2 is 1.60 bits per heavy atom. The molecule has 2 aliphatic carbocycles. The number of piperidine rings is 1. The number of carbonyl (C=O) groups excluding carboxylic acids is 2. The molecule has 2 aromatic carbocycles. The van der Waals surface area contributed by atoms with Gasteiger partial charge in [-0.3, -0.25) is 14.5 Å². The monoisotopic (exact) mass is 484 g/mol. The summed E-state index contributed by atoms with van der Waals surface area (Å²) in [5, 5.41) is 2.73. The maximum Gasteiger partial charge on any atom is 0.416 e. The number of ketones is 1. The van der Waals surface area contributed by atoms with Crippen molar-refractivity contribution in [3.8, 4) is 0 Å². The van der Waals surface area contributed by atoms with Gasteiger partial charge in [-0.25, -0.2) is 0 Å². The van der Waals surface area contributed by atoms with E-state index in [4.69, 9.17) is 0 Å². The van der Waals surface area contributed by atoms with Gasteiger partial charge in [0.1, 0.15) is 0 Å². The van der Waals surface area contributed by atoms with E-state index in [-0.39, 0.29) is 30.6 Å². The van der Waals surface area contributed by atoms with E-state index in [1.165, 1.54) is 43.4 Å². The van der Waals surface area contributed by atoms with Crippen LogP contribution >= 0.6 is 0 Å². The fourth-order valence-electron chi connectivity index (χ4n) is 6.20. The molecule has 2 aromatic rings. The van der Waals surface area contributed by atoms with Crippen LogP contribution in [0.3, 0.4) is 0 Å². The molecule has 1 heterocycles. The molecular formula is C28H31F3N2O2. The topological polar surface area (TPSA) is 49.4 Å². The fraction of sp³-hybridized carbons (Fsp3) is 0.500. The average Bonchev–Trinajstić information content (AvgIpc) is 3.36.